The third-order valence-corrected chi connectivity index (χ3v) is 4.37. The van der Waals surface area contributed by atoms with Crippen LogP contribution in [0.2, 0.25) is 0 Å². The summed E-state index contributed by atoms with van der Waals surface area (Å²) in [7, 11) is 0. The van der Waals surface area contributed by atoms with Crippen LogP contribution in [0.4, 0.5) is 0 Å². The summed E-state index contributed by atoms with van der Waals surface area (Å²) in [6, 6.07) is 9.76. The first kappa shape index (κ1) is 17.0. The highest BCUT2D eigenvalue weighted by molar-refractivity contribution is 5.80. The van der Waals surface area contributed by atoms with E-state index in [2.05, 4.69) is 13.8 Å². The molecule has 4 nitrogen and oxygen atoms in total. The average molecular weight is 304 g/mol. The molecule has 122 valence electrons. The third kappa shape index (κ3) is 4.08. The number of carbonyl (C=O) groups is 1. The fourth-order valence-corrected chi connectivity index (χ4v) is 3.06. The molecule has 0 saturated carbocycles. The molecule has 0 spiro atoms. The monoisotopic (exact) mass is 304 g/mol. The van der Waals surface area contributed by atoms with E-state index in [1.54, 1.807) is 0 Å². The van der Waals surface area contributed by atoms with E-state index in [-0.39, 0.29) is 23.9 Å². The Bertz CT molecular complexity index is 475. The van der Waals surface area contributed by atoms with Crippen molar-refractivity contribution in [2.75, 3.05) is 19.8 Å². The summed E-state index contributed by atoms with van der Waals surface area (Å²) < 4.78 is 5.56. The summed E-state index contributed by atoms with van der Waals surface area (Å²) in [5.41, 5.74) is 7.33. The molecule has 1 aliphatic rings. The van der Waals surface area contributed by atoms with Gasteiger partial charge in [-0.05, 0) is 17.9 Å². The van der Waals surface area contributed by atoms with Gasteiger partial charge in [0.05, 0.1) is 25.2 Å². The van der Waals surface area contributed by atoms with E-state index in [1.807, 2.05) is 42.2 Å². The van der Waals surface area contributed by atoms with Crippen LogP contribution in [0, 0.1) is 11.8 Å². The predicted octanol–water partition coefficient (Wildman–Crippen LogP) is 2.60. The maximum atomic E-state index is 12.9. The van der Waals surface area contributed by atoms with Crippen LogP contribution in [0.5, 0.6) is 0 Å². The lowest BCUT2D eigenvalue weighted by molar-refractivity contribution is -0.145. The molecule has 3 atom stereocenters. The van der Waals surface area contributed by atoms with Gasteiger partial charge in [-0.2, -0.15) is 0 Å². The first-order valence-electron chi connectivity index (χ1n) is 8.19. The maximum absolute atomic E-state index is 12.9. The normalized spacial score (nSPS) is 21.7. The molecule has 3 unspecified atom stereocenters. The number of hydrogen-bond donors (Lipinski definition) is 1. The van der Waals surface area contributed by atoms with Crippen LogP contribution in [0.15, 0.2) is 30.3 Å². The van der Waals surface area contributed by atoms with E-state index >= 15 is 0 Å². The van der Waals surface area contributed by atoms with Gasteiger partial charge in [-0.1, -0.05) is 51.1 Å². The van der Waals surface area contributed by atoms with Crippen molar-refractivity contribution in [3.05, 3.63) is 35.9 Å². The quantitative estimate of drug-likeness (QED) is 0.909. The van der Waals surface area contributed by atoms with Gasteiger partial charge < -0.3 is 15.4 Å². The Hall–Kier alpha value is -1.39. The molecule has 0 aliphatic carbocycles. The van der Waals surface area contributed by atoms with Gasteiger partial charge in [0.2, 0.25) is 5.91 Å². The second-order valence-corrected chi connectivity index (χ2v) is 6.62. The van der Waals surface area contributed by atoms with Crippen LogP contribution in [0.1, 0.15) is 38.8 Å². The molecule has 1 fully saturated rings. The second-order valence-electron chi connectivity index (χ2n) is 6.62. The van der Waals surface area contributed by atoms with Gasteiger partial charge >= 0.3 is 0 Å². The first-order valence-corrected chi connectivity index (χ1v) is 8.19. The van der Waals surface area contributed by atoms with E-state index < -0.39 is 0 Å². The third-order valence-electron chi connectivity index (χ3n) is 4.37. The van der Waals surface area contributed by atoms with Crippen LogP contribution in [-0.2, 0) is 9.53 Å². The van der Waals surface area contributed by atoms with Crippen LogP contribution in [-0.4, -0.2) is 36.6 Å². The minimum absolute atomic E-state index is 0.144. The van der Waals surface area contributed by atoms with E-state index in [1.165, 1.54) is 0 Å². The van der Waals surface area contributed by atoms with Crippen molar-refractivity contribution in [3.8, 4) is 0 Å². The van der Waals surface area contributed by atoms with Gasteiger partial charge in [0.1, 0.15) is 0 Å². The summed E-state index contributed by atoms with van der Waals surface area (Å²) in [5.74, 6) is 0.459. The largest absolute Gasteiger partial charge is 0.377 e. The molecular formula is C18H28N2O2. The summed E-state index contributed by atoms with van der Waals surface area (Å²) in [6.07, 6.45) is 0.971. The van der Waals surface area contributed by atoms with Crippen molar-refractivity contribution in [2.24, 2.45) is 17.6 Å². The van der Waals surface area contributed by atoms with Crippen LogP contribution < -0.4 is 5.73 Å². The molecule has 1 aromatic rings. The minimum Gasteiger partial charge on any atom is -0.377 e. The Morgan fingerprint density at radius 2 is 2.00 bits per heavy atom. The van der Waals surface area contributed by atoms with E-state index in [0.717, 1.165) is 12.0 Å². The molecule has 0 radical (unpaired) electrons. The molecule has 1 amide bonds. The predicted molar refractivity (Wildman–Crippen MR) is 88.3 cm³/mol. The van der Waals surface area contributed by atoms with Crippen LogP contribution >= 0.6 is 0 Å². The average Bonchev–Trinajstić information content (AvgIpc) is 2.53. The maximum Gasteiger partial charge on any atom is 0.227 e. The van der Waals surface area contributed by atoms with Gasteiger partial charge in [0.15, 0.2) is 0 Å². The number of morpholine rings is 1. The Labute approximate surface area is 133 Å². The molecule has 4 heteroatoms. The van der Waals surface area contributed by atoms with Gasteiger partial charge in [-0.15, -0.1) is 0 Å². The molecule has 0 bridgehead atoms. The zero-order valence-corrected chi connectivity index (χ0v) is 13.9. The number of benzene rings is 1. The lowest BCUT2D eigenvalue weighted by Gasteiger charge is -2.39. The van der Waals surface area contributed by atoms with Gasteiger partial charge in [-0.25, -0.2) is 0 Å². The van der Waals surface area contributed by atoms with Gasteiger partial charge in [-0.3, -0.25) is 4.79 Å². The minimum atomic E-state index is -0.267. The summed E-state index contributed by atoms with van der Waals surface area (Å²) in [6.45, 7) is 8.21. The molecule has 1 heterocycles. The van der Waals surface area contributed by atoms with Crippen molar-refractivity contribution in [2.45, 2.75) is 39.3 Å². The number of nitrogens with two attached hydrogens (primary N) is 1. The number of hydrogen-bond acceptors (Lipinski definition) is 3. The Kier molecular flexibility index (Phi) is 5.98. The van der Waals surface area contributed by atoms with Crippen molar-refractivity contribution in [1.29, 1.82) is 0 Å². The summed E-state index contributed by atoms with van der Waals surface area (Å²) in [5, 5.41) is 0. The molecule has 2 N–H and O–H groups in total. The van der Waals surface area contributed by atoms with E-state index in [9.17, 15) is 4.79 Å². The second kappa shape index (κ2) is 7.75. The number of amides is 1. The Morgan fingerprint density at radius 3 is 2.64 bits per heavy atom. The number of carbonyl (C=O) groups excluding carboxylic acids is 1. The summed E-state index contributed by atoms with van der Waals surface area (Å²) in [4.78, 5) is 14.9. The number of nitrogens with zero attached hydrogens (tertiary/aromatic N) is 1. The smallest absolute Gasteiger partial charge is 0.227 e. The standard InChI is InChI=1S/C18H28N2O2/c1-13(2)11-16-12-22-10-9-20(16)18(21)14(3)17(19)15-7-5-4-6-8-15/h4-8,13-14,16-17H,9-12,19H2,1-3H3. The van der Waals surface area contributed by atoms with Gasteiger partial charge in [0.25, 0.3) is 0 Å². The fraction of sp³-hybridized carbons (Fsp3) is 0.611. The Balaban J connectivity index is 2.07. The van der Waals surface area contributed by atoms with Gasteiger partial charge in [0, 0.05) is 12.6 Å². The number of ether oxygens (including phenoxy) is 1. The van der Waals surface area contributed by atoms with Crippen molar-refractivity contribution in [3.63, 3.8) is 0 Å². The summed E-state index contributed by atoms with van der Waals surface area (Å²) >= 11 is 0. The van der Waals surface area contributed by atoms with Crippen LogP contribution in [0.25, 0.3) is 0 Å². The fourth-order valence-electron chi connectivity index (χ4n) is 3.06. The van der Waals surface area contributed by atoms with Crippen molar-refractivity contribution < 1.29 is 9.53 Å². The molecule has 0 aromatic heterocycles. The number of rotatable bonds is 5. The van der Waals surface area contributed by atoms with Crippen LogP contribution in [0.3, 0.4) is 0 Å². The first-order chi connectivity index (χ1) is 10.5. The van der Waals surface area contributed by atoms with Crippen molar-refractivity contribution in [1.82, 2.24) is 4.90 Å². The Morgan fingerprint density at radius 1 is 1.32 bits per heavy atom. The van der Waals surface area contributed by atoms with E-state index in [0.29, 0.717) is 25.7 Å². The molecule has 2 rings (SSSR count). The highest BCUT2D eigenvalue weighted by Gasteiger charge is 2.33. The van der Waals surface area contributed by atoms with E-state index in [4.69, 9.17) is 10.5 Å². The lowest BCUT2D eigenvalue weighted by atomic mass is 9.92. The molecule has 1 aromatic carbocycles. The molecule has 1 aliphatic heterocycles. The lowest BCUT2D eigenvalue weighted by Crippen LogP contribution is -2.52. The SMILES string of the molecule is CC(C)CC1COCCN1C(=O)C(C)C(N)c1ccccc1. The molecule has 1 saturated heterocycles. The van der Waals surface area contributed by atoms with Crippen molar-refractivity contribution >= 4 is 5.91 Å². The molecular weight excluding hydrogens is 276 g/mol. The highest BCUT2D eigenvalue weighted by atomic mass is 16.5. The zero-order valence-electron chi connectivity index (χ0n) is 13.9. The highest BCUT2D eigenvalue weighted by Crippen LogP contribution is 2.24. The zero-order chi connectivity index (χ0) is 16.1. The molecule has 22 heavy (non-hydrogen) atoms. The topological polar surface area (TPSA) is 55.6 Å².